The van der Waals surface area contributed by atoms with Gasteiger partial charge in [0.15, 0.2) is 0 Å². The van der Waals surface area contributed by atoms with Crippen molar-refractivity contribution in [2.45, 2.75) is 5.92 Å². The molecule has 26 heavy (non-hydrogen) atoms. The first-order valence-corrected chi connectivity index (χ1v) is 8.28. The number of nitrogens with zero attached hydrogens (tertiary/aromatic N) is 1. The third-order valence-electron chi connectivity index (χ3n) is 4.29. The maximum Gasteiger partial charge on any atom is 0.205 e. The van der Waals surface area contributed by atoms with Gasteiger partial charge in [-0.2, -0.15) is 5.26 Å². The summed E-state index contributed by atoms with van der Waals surface area (Å²) in [4.78, 5) is 0. The number of rotatable bonds is 2. The van der Waals surface area contributed by atoms with Crippen LogP contribution in [0.1, 0.15) is 17.2 Å². The van der Waals surface area contributed by atoms with Crippen LogP contribution >= 0.6 is 11.6 Å². The number of nitrogen functional groups attached to an aromatic ring is 1. The molecule has 0 aliphatic carbocycles. The van der Waals surface area contributed by atoms with Crippen LogP contribution in [-0.2, 0) is 0 Å². The summed E-state index contributed by atoms with van der Waals surface area (Å²) in [5, 5.41) is 10.2. The molecule has 128 valence electrons. The Morgan fingerprint density at radius 2 is 1.85 bits per heavy atom. The van der Waals surface area contributed by atoms with Crippen LogP contribution < -0.4 is 16.2 Å². The first kappa shape index (κ1) is 16.1. The van der Waals surface area contributed by atoms with E-state index in [9.17, 15) is 5.26 Å². The van der Waals surface area contributed by atoms with Gasteiger partial charge < -0.3 is 20.6 Å². The molecule has 0 fully saturated rings. The van der Waals surface area contributed by atoms with E-state index in [2.05, 4.69) is 6.07 Å². The molecule has 2 heterocycles. The molecule has 3 aromatic rings. The van der Waals surface area contributed by atoms with Gasteiger partial charge in [-0.3, -0.25) is 0 Å². The van der Waals surface area contributed by atoms with Gasteiger partial charge in [-0.15, -0.1) is 0 Å². The summed E-state index contributed by atoms with van der Waals surface area (Å²) in [6.45, 7) is 0. The Balaban J connectivity index is 1.85. The zero-order valence-electron chi connectivity index (χ0n) is 13.6. The summed E-state index contributed by atoms with van der Waals surface area (Å²) in [6, 6.07) is 18.4. The highest BCUT2D eigenvalue weighted by Gasteiger charge is 2.33. The Bertz CT molecular complexity index is 1080. The molecule has 4 N–H and O–H groups in total. The van der Waals surface area contributed by atoms with E-state index in [1.807, 2.05) is 36.4 Å². The number of hydrogen-bond donors (Lipinski definition) is 2. The molecule has 1 aliphatic heterocycles. The molecule has 0 amide bonds. The lowest BCUT2D eigenvalue weighted by Gasteiger charge is -2.24. The van der Waals surface area contributed by atoms with E-state index in [0.29, 0.717) is 33.6 Å². The zero-order chi connectivity index (χ0) is 18.3. The average molecular weight is 364 g/mol. The van der Waals surface area contributed by atoms with E-state index >= 15 is 0 Å². The second kappa shape index (κ2) is 6.17. The molecule has 6 heteroatoms. The fraction of sp³-hybridized carbons (Fsp3) is 0.0500. The molecule has 0 saturated heterocycles. The van der Waals surface area contributed by atoms with Crippen LogP contribution in [0.4, 0.5) is 5.69 Å². The lowest BCUT2D eigenvalue weighted by Crippen LogP contribution is -2.20. The lowest BCUT2D eigenvalue weighted by molar-refractivity contribution is 0.385. The molecule has 0 saturated carbocycles. The lowest BCUT2D eigenvalue weighted by atomic mass is 9.87. The first-order valence-electron chi connectivity index (χ1n) is 7.90. The van der Waals surface area contributed by atoms with Crippen molar-refractivity contribution in [1.82, 2.24) is 0 Å². The number of furan rings is 1. The third-order valence-corrected chi connectivity index (χ3v) is 4.62. The van der Waals surface area contributed by atoms with E-state index in [0.717, 1.165) is 11.1 Å². The van der Waals surface area contributed by atoms with Gasteiger partial charge in [0, 0.05) is 22.9 Å². The highest BCUT2D eigenvalue weighted by molar-refractivity contribution is 6.33. The van der Waals surface area contributed by atoms with Gasteiger partial charge in [0.2, 0.25) is 5.88 Å². The van der Waals surface area contributed by atoms with Crippen LogP contribution in [0.2, 0.25) is 5.02 Å². The standard InChI is InChI=1S/C20H14ClN3O2/c21-15-4-2-1-3-12(15)16-7-8-17(25-16)19-13-6-5-11(23)9-18(13)26-20(24)14(19)10-22/h1-9,19H,23-24H2/t19-/m1/s1. The molecule has 2 aromatic carbocycles. The van der Waals surface area contributed by atoms with Crippen molar-refractivity contribution in [3.8, 4) is 23.1 Å². The quantitative estimate of drug-likeness (QED) is 0.657. The van der Waals surface area contributed by atoms with Crippen LogP contribution in [0.5, 0.6) is 5.75 Å². The topological polar surface area (TPSA) is 98.2 Å². The largest absolute Gasteiger partial charge is 0.460 e. The van der Waals surface area contributed by atoms with Gasteiger partial charge in [0.1, 0.15) is 28.9 Å². The molecule has 0 bridgehead atoms. The molecular formula is C20H14ClN3O2. The van der Waals surface area contributed by atoms with Crippen molar-refractivity contribution in [2.75, 3.05) is 5.73 Å². The van der Waals surface area contributed by atoms with Crippen LogP contribution in [0, 0.1) is 11.3 Å². The molecule has 0 unspecified atom stereocenters. The Kier molecular flexibility index (Phi) is 3.83. The molecule has 1 atom stereocenters. The third kappa shape index (κ3) is 2.57. The summed E-state index contributed by atoms with van der Waals surface area (Å²) < 4.78 is 11.6. The molecule has 1 aliphatic rings. The van der Waals surface area contributed by atoms with Crippen molar-refractivity contribution in [3.63, 3.8) is 0 Å². The fourth-order valence-electron chi connectivity index (χ4n) is 3.08. The van der Waals surface area contributed by atoms with Crippen molar-refractivity contribution in [1.29, 1.82) is 5.26 Å². The monoisotopic (exact) mass is 363 g/mol. The minimum atomic E-state index is -0.472. The first-order chi connectivity index (χ1) is 12.6. The minimum absolute atomic E-state index is 0.0475. The van der Waals surface area contributed by atoms with Crippen LogP contribution in [0.3, 0.4) is 0 Å². The van der Waals surface area contributed by atoms with Gasteiger partial charge in [-0.25, -0.2) is 0 Å². The van der Waals surface area contributed by atoms with Crippen molar-refractivity contribution in [2.24, 2.45) is 5.73 Å². The van der Waals surface area contributed by atoms with Gasteiger partial charge in [-0.1, -0.05) is 29.8 Å². The minimum Gasteiger partial charge on any atom is -0.460 e. The Hall–Kier alpha value is -3.36. The summed E-state index contributed by atoms with van der Waals surface area (Å²) in [7, 11) is 0. The predicted molar refractivity (Wildman–Crippen MR) is 99.3 cm³/mol. The second-order valence-corrected chi connectivity index (χ2v) is 6.31. The number of halogens is 1. The Morgan fingerprint density at radius 1 is 1.04 bits per heavy atom. The summed E-state index contributed by atoms with van der Waals surface area (Å²) in [5.41, 5.74) is 14.2. The van der Waals surface area contributed by atoms with E-state index in [1.54, 1.807) is 18.2 Å². The number of nitrogens with two attached hydrogens (primary N) is 2. The van der Waals surface area contributed by atoms with Crippen molar-refractivity contribution < 1.29 is 9.15 Å². The number of ether oxygens (including phenoxy) is 1. The molecule has 0 spiro atoms. The number of hydrogen-bond acceptors (Lipinski definition) is 5. The maximum atomic E-state index is 9.59. The van der Waals surface area contributed by atoms with Crippen molar-refractivity contribution >= 4 is 17.3 Å². The van der Waals surface area contributed by atoms with Gasteiger partial charge in [-0.05, 0) is 30.3 Å². The van der Waals surface area contributed by atoms with Crippen molar-refractivity contribution in [3.05, 3.63) is 82.4 Å². The fourth-order valence-corrected chi connectivity index (χ4v) is 3.31. The molecule has 1 aromatic heterocycles. The maximum absolute atomic E-state index is 9.59. The molecule has 5 nitrogen and oxygen atoms in total. The molecule has 0 radical (unpaired) electrons. The van der Waals surface area contributed by atoms with Crippen LogP contribution in [-0.4, -0.2) is 0 Å². The molecule has 4 rings (SSSR count). The zero-order valence-corrected chi connectivity index (χ0v) is 14.3. The summed E-state index contributed by atoms with van der Waals surface area (Å²) in [6.07, 6.45) is 0. The average Bonchev–Trinajstić information content (AvgIpc) is 3.10. The SMILES string of the molecule is N#CC1=C(N)Oc2cc(N)ccc2[C@H]1c1ccc(-c2ccccc2Cl)o1. The van der Waals surface area contributed by atoms with Crippen LogP contribution in [0.15, 0.2) is 70.5 Å². The summed E-state index contributed by atoms with van der Waals surface area (Å²) >= 11 is 6.26. The van der Waals surface area contributed by atoms with E-state index in [1.165, 1.54) is 0 Å². The number of anilines is 1. The van der Waals surface area contributed by atoms with Gasteiger partial charge in [0.25, 0.3) is 0 Å². The van der Waals surface area contributed by atoms with Gasteiger partial charge >= 0.3 is 0 Å². The highest BCUT2D eigenvalue weighted by atomic mass is 35.5. The van der Waals surface area contributed by atoms with E-state index in [-0.39, 0.29) is 5.88 Å². The number of fused-ring (bicyclic) bond motifs is 1. The Labute approximate surface area is 155 Å². The summed E-state index contributed by atoms with van der Waals surface area (Å²) in [5.74, 6) is 1.28. The van der Waals surface area contributed by atoms with Crippen LogP contribution in [0.25, 0.3) is 11.3 Å². The highest BCUT2D eigenvalue weighted by Crippen LogP contribution is 2.44. The smallest absolute Gasteiger partial charge is 0.205 e. The number of nitriles is 1. The number of benzene rings is 2. The normalized spacial score (nSPS) is 15.9. The number of allylic oxidation sites excluding steroid dienone is 1. The molecular weight excluding hydrogens is 350 g/mol. The van der Waals surface area contributed by atoms with E-state index < -0.39 is 5.92 Å². The predicted octanol–water partition coefficient (Wildman–Crippen LogP) is 4.40. The van der Waals surface area contributed by atoms with Gasteiger partial charge in [0.05, 0.1) is 10.9 Å². The second-order valence-electron chi connectivity index (χ2n) is 5.90. The van der Waals surface area contributed by atoms with E-state index in [4.69, 9.17) is 32.2 Å². The Morgan fingerprint density at radius 3 is 2.62 bits per heavy atom.